The molecule has 3 rings (SSSR count). The summed E-state index contributed by atoms with van der Waals surface area (Å²) in [6.07, 6.45) is 0. The van der Waals surface area contributed by atoms with Crippen LogP contribution in [0.5, 0.6) is 5.75 Å². The highest BCUT2D eigenvalue weighted by atomic mass is 32.1. The Balaban J connectivity index is 2.25. The molecule has 2 heterocycles. The van der Waals surface area contributed by atoms with Crippen molar-refractivity contribution in [3.05, 3.63) is 34.5 Å². The fraction of sp³-hybridized carbons (Fsp3) is 0.375. The summed E-state index contributed by atoms with van der Waals surface area (Å²) < 4.78 is 7.20. The Morgan fingerprint density at radius 3 is 2.77 bits per heavy atom. The fourth-order valence-corrected chi connectivity index (χ4v) is 3.27. The van der Waals surface area contributed by atoms with E-state index in [2.05, 4.69) is 36.1 Å². The number of aromatic nitrogens is 3. The van der Waals surface area contributed by atoms with Gasteiger partial charge in [-0.2, -0.15) is 5.10 Å². The molecule has 0 saturated carbocycles. The minimum atomic E-state index is -0.116. The first-order chi connectivity index (χ1) is 10.5. The first-order valence-electron chi connectivity index (χ1n) is 7.19. The van der Waals surface area contributed by atoms with Crippen LogP contribution in [0.4, 0.5) is 0 Å². The zero-order chi connectivity index (χ0) is 15.9. The summed E-state index contributed by atoms with van der Waals surface area (Å²) in [4.78, 5) is 5.45. The Morgan fingerprint density at radius 2 is 2.14 bits per heavy atom. The van der Waals surface area contributed by atoms with Gasteiger partial charge in [-0.25, -0.2) is 9.50 Å². The molecule has 0 aliphatic heterocycles. The molecule has 2 aromatic heterocycles. The monoisotopic (exact) mass is 317 g/mol. The highest BCUT2D eigenvalue weighted by Gasteiger charge is 2.20. The zero-order valence-electron chi connectivity index (χ0n) is 13.1. The average Bonchev–Trinajstić information content (AvgIpc) is 3.01. The number of methoxy groups -OCH3 is 1. The normalized spacial score (nSPS) is 11.5. The number of hydrogen-bond acceptors (Lipinski definition) is 5. The van der Waals surface area contributed by atoms with E-state index in [-0.39, 0.29) is 6.61 Å². The molecule has 0 unspecified atom stereocenters. The van der Waals surface area contributed by atoms with Crippen LogP contribution in [0.1, 0.15) is 36.0 Å². The van der Waals surface area contributed by atoms with E-state index < -0.39 is 0 Å². The number of ether oxygens (including phenoxy) is 1. The van der Waals surface area contributed by atoms with Crippen molar-refractivity contribution in [1.82, 2.24) is 14.6 Å². The number of nitrogens with zero attached hydrogens (tertiary/aromatic N) is 3. The van der Waals surface area contributed by atoms with Gasteiger partial charge < -0.3 is 9.84 Å². The number of aliphatic hydroxyl groups is 1. The summed E-state index contributed by atoms with van der Waals surface area (Å²) in [6.45, 7) is 6.11. The molecule has 0 amide bonds. The molecule has 0 aliphatic carbocycles. The Morgan fingerprint density at radius 1 is 1.36 bits per heavy atom. The molecule has 0 saturated heterocycles. The van der Waals surface area contributed by atoms with E-state index in [1.807, 2.05) is 13.0 Å². The van der Waals surface area contributed by atoms with Gasteiger partial charge in [0, 0.05) is 5.56 Å². The van der Waals surface area contributed by atoms with E-state index in [0.717, 1.165) is 27.0 Å². The Kier molecular flexibility index (Phi) is 3.88. The van der Waals surface area contributed by atoms with Gasteiger partial charge in [0.1, 0.15) is 16.5 Å². The molecule has 3 aromatic rings. The smallest absolute Gasteiger partial charge is 0.213 e. The molecular weight excluding hydrogens is 298 g/mol. The summed E-state index contributed by atoms with van der Waals surface area (Å²) in [7, 11) is 1.65. The summed E-state index contributed by atoms with van der Waals surface area (Å²) in [5.74, 6) is 1.16. The number of hydrogen-bond donors (Lipinski definition) is 1. The molecule has 6 heteroatoms. The van der Waals surface area contributed by atoms with Gasteiger partial charge in [-0.1, -0.05) is 31.3 Å². The van der Waals surface area contributed by atoms with Crippen LogP contribution in [0.3, 0.4) is 0 Å². The number of fused-ring (bicyclic) bond motifs is 1. The molecule has 0 aliphatic rings. The SMILES string of the molecule is COc1ccc(C(C)C)cc1-c1nc2sc(C)nn2c1CO. The van der Waals surface area contributed by atoms with Crippen LogP contribution in [-0.4, -0.2) is 26.8 Å². The quantitative estimate of drug-likeness (QED) is 0.801. The van der Waals surface area contributed by atoms with Gasteiger partial charge in [0.15, 0.2) is 0 Å². The fourth-order valence-electron chi connectivity index (χ4n) is 2.51. The Hall–Kier alpha value is -1.92. The van der Waals surface area contributed by atoms with Crippen LogP contribution in [0.2, 0.25) is 0 Å². The van der Waals surface area contributed by atoms with Crippen LogP contribution >= 0.6 is 11.3 Å². The van der Waals surface area contributed by atoms with Crippen molar-refractivity contribution in [1.29, 1.82) is 0 Å². The highest BCUT2D eigenvalue weighted by molar-refractivity contribution is 7.16. The first kappa shape index (κ1) is 15.0. The number of benzene rings is 1. The predicted octanol–water partition coefficient (Wildman–Crippen LogP) is 3.39. The van der Waals surface area contributed by atoms with Crippen molar-refractivity contribution in [2.24, 2.45) is 0 Å². The van der Waals surface area contributed by atoms with Crippen LogP contribution in [-0.2, 0) is 6.61 Å². The van der Waals surface area contributed by atoms with Crippen LogP contribution in [0.15, 0.2) is 18.2 Å². The minimum Gasteiger partial charge on any atom is -0.496 e. The van der Waals surface area contributed by atoms with Crippen LogP contribution < -0.4 is 4.74 Å². The Labute approximate surface area is 133 Å². The number of aliphatic hydroxyl groups excluding tert-OH is 1. The van der Waals surface area contributed by atoms with E-state index in [4.69, 9.17) is 4.74 Å². The lowest BCUT2D eigenvalue weighted by Gasteiger charge is -2.12. The van der Waals surface area contributed by atoms with Crippen molar-refractivity contribution in [2.75, 3.05) is 7.11 Å². The zero-order valence-corrected chi connectivity index (χ0v) is 13.9. The maximum Gasteiger partial charge on any atom is 0.213 e. The van der Waals surface area contributed by atoms with Gasteiger partial charge in [0.2, 0.25) is 4.96 Å². The largest absolute Gasteiger partial charge is 0.496 e. The summed E-state index contributed by atoms with van der Waals surface area (Å²) in [6, 6.07) is 6.10. The third-order valence-corrected chi connectivity index (χ3v) is 4.52. The maximum absolute atomic E-state index is 9.78. The van der Waals surface area contributed by atoms with Gasteiger partial charge in [-0.15, -0.1) is 0 Å². The van der Waals surface area contributed by atoms with Crippen molar-refractivity contribution in [3.8, 4) is 17.0 Å². The number of aryl methyl sites for hydroxylation is 1. The molecule has 0 atom stereocenters. The van der Waals surface area contributed by atoms with E-state index in [9.17, 15) is 5.11 Å². The number of rotatable bonds is 4. The van der Waals surface area contributed by atoms with Gasteiger partial charge in [-0.3, -0.25) is 0 Å². The maximum atomic E-state index is 9.78. The lowest BCUT2D eigenvalue weighted by Crippen LogP contribution is -1.98. The molecule has 116 valence electrons. The second-order valence-corrected chi connectivity index (χ2v) is 6.66. The van der Waals surface area contributed by atoms with Crippen molar-refractivity contribution in [3.63, 3.8) is 0 Å². The van der Waals surface area contributed by atoms with Crippen LogP contribution in [0, 0.1) is 6.92 Å². The molecular formula is C16H19N3O2S. The molecule has 5 nitrogen and oxygen atoms in total. The molecule has 22 heavy (non-hydrogen) atoms. The second kappa shape index (κ2) is 5.70. The molecule has 1 N–H and O–H groups in total. The summed E-state index contributed by atoms with van der Waals surface area (Å²) >= 11 is 1.51. The third kappa shape index (κ3) is 2.38. The molecule has 0 spiro atoms. The highest BCUT2D eigenvalue weighted by Crippen LogP contribution is 2.35. The topological polar surface area (TPSA) is 59.7 Å². The third-order valence-electron chi connectivity index (χ3n) is 3.69. The van der Waals surface area contributed by atoms with Crippen molar-refractivity contribution in [2.45, 2.75) is 33.3 Å². The van der Waals surface area contributed by atoms with Gasteiger partial charge in [-0.05, 0) is 30.5 Å². The molecule has 0 fully saturated rings. The molecule has 0 radical (unpaired) electrons. The second-order valence-electron chi connectivity index (χ2n) is 5.50. The van der Waals surface area contributed by atoms with E-state index >= 15 is 0 Å². The van der Waals surface area contributed by atoms with E-state index in [1.54, 1.807) is 11.6 Å². The van der Waals surface area contributed by atoms with E-state index in [1.165, 1.54) is 16.9 Å². The molecule has 0 bridgehead atoms. The lowest BCUT2D eigenvalue weighted by atomic mass is 9.98. The van der Waals surface area contributed by atoms with E-state index in [0.29, 0.717) is 11.6 Å². The van der Waals surface area contributed by atoms with Gasteiger partial charge in [0.05, 0.1) is 19.4 Å². The number of imidazole rings is 1. The minimum absolute atomic E-state index is 0.116. The van der Waals surface area contributed by atoms with Crippen molar-refractivity contribution >= 4 is 16.3 Å². The van der Waals surface area contributed by atoms with Crippen LogP contribution in [0.25, 0.3) is 16.2 Å². The standard InChI is InChI=1S/C16H19N3O2S/c1-9(2)11-5-6-14(21-4)12(7-11)15-13(8-20)19-16(17-15)22-10(3)18-19/h5-7,9,20H,8H2,1-4H3. The summed E-state index contributed by atoms with van der Waals surface area (Å²) in [5, 5.41) is 15.1. The van der Waals surface area contributed by atoms with Gasteiger partial charge >= 0.3 is 0 Å². The predicted molar refractivity (Wildman–Crippen MR) is 87.6 cm³/mol. The summed E-state index contributed by atoms with van der Waals surface area (Å²) in [5.41, 5.74) is 3.53. The lowest BCUT2D eigenvalue weighted by molar-refractivity contribution is 0.275. The van der Waals surface area contributed by atoms with Crippen molar-refractivity contribution < 1.29 is 9.84 Å². The van der Waals surface area contributed by atoms with Gasteiger partial charge in [0.25, 0.3) is 0 Å². The molecule has 1 aromatic carbocycles. The average molecular weight is 317 g/mol. The Bertz CT molecular complexity index is 820. The first-order valence-corrected chi connectivity index (χ1v) is 8.01.